The Morgan fingerprint density at radius 3 is 2.84 bits per heavy atom. The zero-order valence-electron chi connectivity index (χ0n) is 15.4. The van der Waals surface area contributed by atoms with Crippen molar-refractivity contribution in [2.45, 2.75) is 51.7 Å². The van der Waals surface area contributed by atoms with E-state index >= 15 is 0 Å². The van der Waals surface area contributed by atoms with Gasteiger partial charge in [-0.3, -0.25) is 0 Å². The summed E-state index contributed by atoms with van der Waals surface area (Å²) in [5, 5.41) is 0. The summed E-state index contributed by atoms with van der Waals surface area (Å²) < 4.78 is 7.83. The zero-order valence-corrected chi connectivity index (χ0v) is 15.4. The number of aromatic nitrogens is 2. The van der Waals surface area contributed by atoms with Crippen LogP contribution in [0.5, 0.6) is 0 Å². The molecule has 0 aliphatic carbocycles. The fourth-order valence-corrected chi connectivity index (χ4v) is 3.47. The van der Waals surface area contributed by atoms with Gasteiger partial charge in [0.25, 0.3) is 0 Å². The molecule has 1 atom stereocenters. The van der Waals surface area contributed by atoms with E-state index in [4.69, 9.17) is 15.5 Å². The maximum Gasteiger partial charge on any atom is 0.410 e. The Hall–Kier alpha value is -2.08. The van der Waals surface area contributed by atoms with Crippen LogP contribution < -0.4 is 5.73 Å². The minimum atomic E-state index is -0.476. The molecular weight excluding hydrogens is 316 g/mol. The summed E-state index contributed by atoms with van der Waals surface area (Å²) in [6.07, 6.45) is 2.48. The average molecular weight is 344 g/mol. The number of hydrogen-bond donors (Lipinski definition) is 1. The van der Waals surface area contributed by atoms with Gasteiger partial charge in [0.1, 0.15) is 11.4 Å². The van der Waals surface area contributed by atoms with E-state index in [1.165, 1.54) is 0 Å². The average Bonchev–Trinajstić information content (AvgIpc) is 2.92. The summed E-state index contributed by atoms with van der Waals surface area (Å²) in [5.41, 5.74) is 7.41. The first-order valence-electron chi connectivity index (χ1n) is 9.03. The van der Waals surface area contributed by atoms with Crippen LogP contribution >= 0.6 is 0 Å². The second-order valence-corrected chi connectivity index (χ2v) is 7.65. The first kappa shape index (κ1) is 17.7. The number of piperidine rings is 1. The second-order valence-electron chi connectivity index (χ2n) is 7.65. The summed E-state index contributed by atoms with van der Waals surface area (Å²) in [5.74, 6) is 1.000. The number of ether oxygens (including phenoxy) is 1. The van der Waals surface area contributed by atoms with Crippen LogP contribution in [0.25, 0.3) is 11.0 Å². The number of amides is 1. The van der Waals surface area contributed by atoms with E-state index in [0.717, 1.165) is 42.7 Å². The molecule has 2 aromatic rings. The Morgan fingerprint density at radius 2 is 2.12 bits per heavy atom. The molecule has 1 unspecified atom stereocenters. The van der Waals surface area contributed by atoms with Gasteiger partial charge in [-0.15, -0.1) is 0 Å². The van der Waals surface area contributed by atoms with Gasteiger partial charge in [-0.1, -0.05) is 12.1 Å². The lowest BCUT2D eigenvalue weighted by Crippen LogP contribution is -2.43. The fourth-order valence-electron chi connectivity index (χ4n) is 3.47. The minimum absolute atomic E-state index is 0.204. The lowest BCUT2D eigenvalue weighted by molar-refractivity contribution is 0.0173. The van der Waals surface area contributed by atoms with Crippen LogP contribution in [0.2, 0.25) is 0 Å². The minimum Gasteiger partial charge on any atom is -0.444 e. The van der Waals surface area contributed by atoms with Crippen molar-refractivity contribution in [2.24, 2.45) is 5.73 Å². The summed E-state index contributed by atoms with van der Waals surface area (Å²) >= 11 is 0. The molecule has 0 bridgehead atoms. The molecule has 0 spiro atoms. The van der Waals surface area contributed by atoms with Crippen LogP contribution in [-0.2, 0) is 11.2 Å². The van der Waals surface area contributed by atoms with E-state index in [1.807, 2.05) is 43.9 Å². The highest BCUT2D eigenvalue weighted by atomic mass is 16.6. The van der Waals surface area contributed by atoms with Gasteiger partial charge >= 0.3 is 6.09 Å². The van der Waals surface area contributed by atoms with Crippen molar-refractivity contribution in [3.8, 4) is 0 Å². The van der Waals surface area contributed by atoms with Gasteiger partial charge in [-0.05, 0) is 52.3 Å². The van der Waals surface area contributed by atoms with Gasteiger partial charge in [0, 0.05) is 19.5 Å². The molecule has 1 aromatic carbocycles. The maximum absolute atomic E-state index is 12.5. The summed E-state index contributed by atoms with van der Waals surface area (Å²) in [6, 6.07) is 8.35. The molecule has 1 aromatic heterocycles. The number of imidazole rings is 1. The highest BCUT2D eigenvalue weighted by molar-refractivity contribution is 5.76. The Labute approximate surface area is 149 Å². The standard InChI is InChI=1S/C19H28N4O2/c1-19(2,3)25-18(24)22-12-6-7-14(13-22)23-16-9-5-4-8-15(16)21-17(23)10-11-20/h4-5,8-9,14H,6-7,10-13,20H2,1-3H3. The van der Waals surface area contributed by atoms with Crippen LogP contribution in [0.15, 0.2) is 24.3 Å². The number of nitrogens with two attached hydrogens (primary N) is 1. The molecule has 25 heavy (non-hydrogen) atoms. The third kappa shape index (κ3) is 3.95. The number of hydrogen-bond acceptors (Lipinski definition) is 4. The second kappa shape index (κ2) is 7.04. The van der Waals surface area contributed by atoms with Crippen molar-refractivity contribution >= 4 is 17.1 Å². The predicted molar refractivity (Wildman–Crippen MR) is 98.6 cm³/mol. The number of fused-ring (bicyclic) bond motifs is 1. The molecule has 1 aliphatic rings. The summed E-state index contributed by atoms with van der Waals surface area (Å²) in [7, 11) is 0. The molecule has 1 amide bonds. The van der Waals surface area contributed by atoms with Gasteiger partial charge in [-0.2, -0.15) is 0 Å². The zero-order chi connectivity index (χ0) is 18.0. The summed E-state index contributed by atoms with van der Waals surface area (Å²) in [4.78, 5) is 19.0. The maximum atomic E-state index is 12.5. The normalized spacial score (nSPS) is 18.6. The number of rotatable bonds is 3. The molecule has 1 aliphatic heterocycles. The number of benzene rings is 1. The van der Waals surface area contributed by atoms with Crippen LogP contribution in [0.1, 0.15) is 45.5 Å². The van der Waals surface area contributed by atoms with E-state index in [1.54, 1.807) is 0 Å². The first-order valence-corrected chi connectivity index (χ1v) is 9.03. The van der Waals surface area contributed by atoms with Gasteiger partial charge in [0.15, 0.2) is 0 Å². The third-order valence-electron chi connectivity index (χ3n) is 4.45. The summed E-state index contributed by atoms with van der Waals surface area (Å²) in [6.45, 7) is 7.64. The van der Waals surface area contributed by atoms with Crippen molar-refractivity contribution < 1.29 is 9.53 Å². The fraction of sp³-hybridized carbons (Fsp3) is 0.579. The highest BCUT2D eigenvalue weighted by Crippen LogP contribution is 2.29. The van der Waals surface area contributed by atoms with Crippen LogP contribution in [0.4, 0.5) is 4.79 Å². The Bertz CT molecular complexity index is 747. The van der Waals surface area contributed by atoms with Gasteiger partial charge in [0.05, 0.1) is 17.1 Å². The van der Waals surface area contributed by atoms with Crippen molar-refractivity contribution in [1.29, 1.82) is 0 Å². The SMILES string of the molecule is CC(C)(C)OC(=O)N1CCCC(n2c(CCN)nc3ccccc32)C1. The van der Waals surface area contributed by atoms with Crippen molar-refractivity contribution in [2.75, 3.05) is 19.6 Å². The molecule has 3 rings (SSSR count). The lowest BCUT2D eigenvalue weighted by Gasteiger charge is -2.35. The lowest BCUT2D eigenvalue weighted by atomic mass is 10.1. The monoisotopic (exact) mass is 344 g/mol. The molecule has 1 fully saturated rings. The molecule has 2 heterocycles. The number of nitrogens with zero attached hydrogens (tertiary/aromatic N) is 3. The van der Waals surface area contributed by atoms with Crippen molar-refractivity contribution in [3.05, 3.63) is 30.1 Å². The van der Waals surface area contributed by atoms with Crippen molar-refractivity contribution in [3.63, 3.8) is 0 Å². The van der Waals surface area contributed by atoms with E-state index in [9.17, 15) is 4.79 Å². The van der Waals surface area contributed by atoms with Gasteiger partial charge in [0.2, 0.25) is 0 Å². The number of carbonyl (C=O) groups excluding carboxylic acids is 1. The topological polar surface area (TPSA) is 73.4 Å². The van der Waals surface area contributed by atoms with Crippen LogP contribution in [0.3, 0.4) is 0 Å². The molecule has 1 saturated heterocycles. The molecule has 136 valence electrons. The molecule has 2 N–H and O–H groups in total. The van der Waals surface area contributed by atoms with Crippen LogP contribution in [-0.4, -0.2) is 45.8 Å². The van der Waals surface area contributed by atoms with E-state index < -0.39 is 5.60 Å². The van der Waals surface area contributed by atoms with E-state index in [-0.39, 0.29) is 12.1 Å². The van der Waals surface area contributed by atoms with Crippen LogP contribution in [0, 0.1) is 0 Å². The molecule has 6 heteroatoms. The molecule has 0 saturated carbocycles. The smallest absolute Gasteiger partial charge is 0.410 e. The molecular formula is C19H28N4O2. The van der Waals surface area contributed by atoms with E-state index in [0.29, 0.717) is 13.1 Å². The number of carbonyl (C=O) groups is 1. The van der Waals surface area contributed by atoms with Gasteiger partial charge < -0.3 is 19.9 Å². The van der Waals surface area contributed by atoms with Gasteiger partial charge in [-0.25, -0.2) is 9.78 Å². The Kier molecular flexibility index (Phi) is 4.99. The Balaban J connectivity index is 1.87. The van der Waals surface area contributed by atoms with Crippen molar-refractivity contribution in [1.82, 2.24) is 14.5 Å². The largest absolute Gasteiger partial charge is 0.444 e. The number of likely N-dealkylation sites (tertiary alicyclic amines) is 1. The van der Waals surface area contributed by atoms with E-state index in [2.05, 4.69) is 10.6 Å². The molecule has 6 nitrogen and oxygen atoms in total. The predicted octanol–water partition coefficient (Wildman–Crippen LogP) is 3.11. The first-order chi connectivity index (χ1) is 11.9. The number of para-hydroxylation sites is 2. The molecule has 0 radical (unpaired) electrons. The quantitative estimate of drug-likeness (QED) is 0.928. The Morgan fingerprint density at radius 1 is 1.36 bits per heavy atom. The third-order valence-corrected chi connectivity index (χ3v) is 4.45. The highest BCUT2D eigenvalue weighted by Gasteiger charge is 2.30.